The molecule has 2 saturated heterocycles. The number of fused-ring (bicyclic) bond motifs is 1. The molecule has 7 heteroatoms. The maximum atomic E-state index is 12.9. The van der Waals surface area contributed by atoms with Gasteiger partial charge in [-0.3, -0.25) is 9.69 Å². The van der Waals surface area contributed by atoms with Crippen LogP contribution in [0.3, 0.4) is 0 Å². The van der Waals surface area contributed by atoms with Crippen LogP contribution in [0.25, 0.3) is 0 Å². The Morgan fingerprint density at radius 2 is 1.72 bits per heavy atom. The van der Waals surface area contributed by atoms with Gasteiger partial charge < -0.3 is 4.90 Å². The van der Waals surface area contributed by atoms with E-state index < -0.39 is 10.0 Å². The fourth-order valence-electron chi connectivity index (χ4n) is 5.33. The first-order chi connectivity index (χ1) is 13.6. The first-order valence-electron chi connectivity index (χ1n) is 10.7. The zero-order chi connectivity index (χ0) is 20.9. The van der Waals surface area contributed by atoms with Crippen molar-refractivity contribution in [3.63, 3.8) is 0 Å². The standard InChI is InChI=1S/C22H33N3O3S/c1-21(2)9-10-22(17-25(21)29(3,27)28)11-14-23(15-12-22)16-20(26)24-13-8-18-6-4-5-7-19(18)24/h4-7H,8-17H2,1-3H3. The first kappa shape index (κ1) is 20.8. The predicted octanol–water partition coefficient (Wildman–Crippen LogP) is 2.49. The third kappa shape index (κ3) is 4.09. The summed E-state index contributed by atoms with van der Waals surface area (Å²) in [6.45, 7) is 7.61. The Balaban J connectivity index is 1.37. The van der Waals surface area contributed by atoms with Gasteiger partial charge in [-0.25, -0.2) is 8.42 Å². The Bertz CT molecular complexity index is 888. The molecule has 6 nitrogen and oxygen atoms in total. The van der Waals surface area contributed by atoms with Gasteiger partial charge in [0.15, 0.2) is 0 Å². The number of anilines is 1. The Morgan fingerprint density at radius 1 is 1.03 bits per heavy atom. The maximum absolute atomic E-state index is 12.9. The molecule has 1 aromatic rings. The Morgan fingerprint density at radius 3 is 2.41 bits per heavy atom. The molecule has 1 aromatic carbocycles. The maximum Gasteiger partial charge on any atom is 0.241 e. The van der Waals surface area contributed by atoms with E-state index >= 15 is 0 Å². The molecule has 1 amide bonds. The van der Waals surface area contributed by atoms with E-state index in [0.29, 0.717) is 13.1 Å². The van der Waals surface area contributed by atoms with Crippen molar-refractivity contribution in [2.45, 2.75) is 51.5 Å². The number of likely N-dealkylation sites (tertiary alicyclic amines) is 1. The average molecular weight is 420 g/mol. The van der Waals surface area contributed by atoms with Gasteiger partial charge in [-0.15, -0.1) is 0 Å². The summed E-state index contributed by atoms with van der Waals surface area (Å²) in [6.07, 6.45) is 6.13. The van der Waals surface area contributed by atoms with E-state index in [1.807, 2.05) is 36.9 Å². The number of carbonyl (C=O) groups excluding carboxylic acids is 1. The van der Waals surface area contributed by atoms with Crippen LogP contribution in [0.15, 0.2) is 24.3 Å². The molecule has 0 unspecified atom stereocenters. The SMILES string of the molecule is CC1(C)CCC2(CCN(CC(=O)N3CCc4ccccc43)CC2)CN1S(C)(=O)=O. The minimum atomic E-state index is -3.22. The molecule has 0 saturated carbocycles. The number of sulfonamides is 1. The quantitative estimate of drug-likeness (QED) is 0.755. The summed E-state index contributed by atoms with van der Waals surface area (Å²) < 4.78 is 26.4. The lowest BCUT2D eigenvalue weighted by molar-refractivity contribution is -0.120. The molecule has 3 heterocycles. The molecule has 0 atom stereocenters. The Kier molecular flexibility index (Phi) is 5.28. The average Bonchev–Trinajstić information content (AvgIpc) is 3.09. The van der Waals surface area contributed by atoms with E-state index in [9.17, 15) is 13.2 Å². The van der Waals surface area contributed by atoms with E-state index in [0.717, 1.165) is 57.4 Å². The van der Waals surface area contributed by atoms with Crippen molar-refractivity contribution in [2.75, 3.05) is 43.9 Å². The second kappa shape index (κ2) is 7.36. The molecule has 0 aliphatic carbocycles. The minimum absolute atomic E-state index is 0.0540. The van der Waals surface area contributed by atoms with Crippen LogP contribution >= 0.6 is 0 Å². The van der Waals surface area contributed by atoms with Gasteiger partial charge in [0.05, 0.1) is 12.8 Å². The van der Waals surface area contributed by atoms with Gasteiger partial charge in [0.25, 0.3) is 0 Å². The van der Waals surface area contributed by atoms with Crippen molar-refractivity contribution in [3.05, 3.63) is 29.8 Å². The highest BCUT2D eigenvalue weighted by Gasteiger charge is 2.47. The summed E-state index contributed by atoms with van der Waals surface area (Å²) in [6, 6.07) is 8.16. The van der Waals surface area contributed by atoms with Crippen LogP contribution in [0.1, 0.15) is 45.1 Å². The molecule has 4 rings (SSSR count). The van der Waals surface area contributed by atoms with Crippen molar-refractivity contribution in [1.29, 1.82) is 0 Å². The van der Waals surface area contributed by atoms with Gasteiger partial charge >= 0.3 is 0 Å². The van der Waals surface area contributed by atoms with E-state index in [4.69, 9.17) is 0 Å². The molecular weight excluding hydrogens is 386 g/mol. The first-order valence-corrected chi connectivity index (χ1v) is 12.5. The summed E-state index contributed by atoms with van der Waals surface area (Å²) in [4.78, 5) is 17.1. The molecule has 29 heavy (non-hydrogen) atoms. The van der Waals surface area contributed by atoms with Gasteiger partial charge in [-0.2, -0.15) is 4.31 Å². The molecule has 0 bridgehead atoms. The van der Waals surface area contributed by atoms with Crippen molar-refractivity contribution in [2.24, 2.45) is 5.41 Å². The normalized spacial score (nSPS) is 24.6. The molecule has 2 fully saturated rings. The summed E-state index contributed by atoms with van der Waals surface area (Å²) in [5.41, 5.74) is 2.06. The second-order valence-corrected chi connectivity index (χ2v) is 11.7. The number of hydrogen-bond donors (Lipinski definition) is 0. The molecule has 3 aliphatic heterocycles. The summed E-state index contributed by atoms with van der Waals surface area (Å²) >= 11 is 0. The third-order valence-corrected chi connectivity index (χ3v) is 8.71. The number of hydrogen-bond acceptors (Lipinski definition) is 4. The van der Waals surface area contributed by atoms with Crippen LogP contribution in [-0.2, 0) is 21.2 Å². The van der Waals surface area contributed by atoms with E-state index in [1.54, 1.807) is 4.31 Å². The van der Waals surface area contributed by atoms with E-state index in [1.165, 1.54) is 11.8 Å². The fraction of sp³-hybridized carbons (Fsp3) is 0.682. The molecule has 160 valence electrons. The van der Waals surface area contributed by atoms with Crippen molar-refractivity contribution >= 4 is 21.6 Å². The monoisotopic (exact) mass is 419 g/mol. The van der Waals surface area contributed by atoms with Crippen LogP contribution in [-0.4, -0.2) is 68.0 Å². The third-order valence-electron chi connectivity index (χ3n) is 7.29. The summed E-state index contributed by atoms with van der Waals surface area (Å²) in [5, 5.41) is 0. The van der Waals surface area contributed by atoms with Gasteiger partial charge in [0, 0.05) is 24.3 Å². The lowest BCUT2D eigenvalue weighted by Gasteiger charge is -2.52. The largest absolute Gasteiger partial charge is 0.311 e. The summed E-state index contributed by atoms with van der Waals surface area (Å²) in [5.74, 6) is 0.174. The van der Waals surface area contributed by atoms with E-state index in [2.05, 4.69) is 11.0 Å². The number of amides is 1. The van der Waals surface area contributed by atoms with Crippen molar-refractivity contribution in [1.82, 2.24) is 9.21 Å². The van der Waals surface area contributed by atoms with Gasteiger partial charge in [-0.1, -0.05) is 18.2 Å². The molecular formula is C22H33N3O3S. The Labute approximate surface area is 174 Å². The molecule has 1 spiro atoms. The Hall–Kier alpha value is -1.44. The lowest BCUT2D eigenvalue weighted by Crippen LogP contribution is -2.59. The highest BCUT2D eigenvalue weighted by Crippen LogP contribution is 2.45. The van der Waals surface area contributed by atoms with Gasteiger partial charge in [0.1, 0.15) is 0 Å². The smallest absolute Gasteiger partial charge is 0.241 e. The zero-order valence-electron chi connectivity index (χ0n) is 17.9. The highest BCUT2D eigenvalue weighted by molar-refractivity contribution is 7.88. The predicted molar refractivity (Wildman–Crippen MR) is 115 cm³/mol. The van der Waals surface area contributed by atoms with Crippen LogP contribution in [0.5, 0.6) is 0 Å². The van der Waals surface area contributed by atoms with Crippen LogP contribution in [0.2, 0.25) is 0 Å². The van der Waals surface area contributed by atoms with Gasteiger partial charge in [-0.05, 0) is 76.1 Å². The van der Waals surface area contributed by atoms with Crippen LogP contribution < -0.4 is 4.90 Å². The number of benzene rings is 1. The number of piperidine rings is 2. The van der Waals surface area contributed by atoms with E-state index in [-0.39, 0.29) is 16.9 Å². The van der Waals surface area contributed by atoms with Gasteiger partial charge in [0.2, 0.25) is 15.9 Å². The molecule has 0 aromatic heterocycles. The highest BCUT2D eigenvalue weighted by atomic mass is 32.2. The number of rotatable bonds is 3. The molecule has 0 N–H and O–H groups in total. The summed E-state index contributed by atoms with van der Waals surface area (Å²) in [7, 11) is -3.22. The number of para-hydroxylation sites is 1. The fourth-order valence-corrected chi connectivity index (χ4v) is 6.82. The number of carbonyl (C=O) groups is 1. The second-order valence-electron chi connectivity index (χ2n) is 9.78. The molecule has 3 aliphatic rings. The van der Waals surface area contributed by atoms with Crippen molar-refractivity contribution < 1.29 is 13.2 Å². The topological polar surface area (TPSA) is 60.9 Å². The zero-order valence-corrected chi connectivity index (χ0v) is 18.7. The molecule has 0 radical (unpaired) electrons. The van der Waals surface area contributed by atoms with Crippen LogP contribution in [0, 0.1) is 5.41 Å². The number of nitrogens with zero attached hydrogens (tertiary/aromatic N) is 3. The van der Waals surface area contributed by atoms with Crippen LogP contribution in [0.4, 0.5) is 5.69 Å². The lowest BCUT2D eigenvalue weighted by atomic mass is 9.69. The van der Waals surface area contributed by atoms with Crippen molar-refractivity contribution in [3.8, 4) is 0 Å². The minimum Gasteiger partial charge on any atom is -0.311 e.